The Kier molecular flexibility index (Phi) is 4.01. The Morgan fingerprint density at radius 2 is 2.14 bits per heavy atom. The van der Waals surface area contributed by atoms with E-state index in [2.05, 4.69) is 4.98 Å². The van der Waals surface area contributed by atoms with E-state index in [0.29, 0.717) is 18.5 Å². The molecule has 1 saturated carbocycles. The fourth-order valence-electron chi connectivity index (χ4n) is 2.35. The Bertz CT molecular complexity index is 643. The summed E-state index contributed by atoms with van der Waals surface area (Å²) in [6.07, 6.45) is 4.08. The van der Waals surface area contributed by atoms with Crippen molar-refractivity contribution in [3.05, 3.63) is 36.0 Å². The molecular weight excluding hydrogens is 274 g/mol. The number of hydrogen-bond acceptors (Lipinski definition) is 3. The highest BCUT2D eigenvalue weighted by Gasteiger charge is 2.21. The lowest BCUT2D eigenvalue weighted by Gasteiger charge is -2.21. The van der Waals surface area contributed by atoms with Crippen LogP contribution in [0.5, 0.6) is 0 Å². The van der Waals surface area contributed by atoms with Crippen LogP contribution >= 0.6 is 0 Å². The highest BCUT2D eigenvalue weighted by molar-refractivity contribution is 5.91. The molecule has 5 heteroatoms. The van der Waals surface area contributed by atoms with E-state index < -0.39 is 11.6 Å². The summed E-state index contributed by atoms with van der Waals surface area (Å²) < 4.78 is 32.8. The third-order valence-electron chi connectivity index (χ3n) is 3.77. The molecule has 0 atom stereocenters. The molecule has 1 aliphatic carbocycles. The Labute approximate surface area is 122 Å². The molecule has 3 rings (SSSR count). The van der Waals surface area contributed by atoms with Gasteiger partial charge in [-0.3, -0.25) is 4.98 Å². The van der Waals surface area contributed by atoms with E-state index in [0.717, 1.165) is 24.3 Å². The Morgan fingerprint density at radius 1 is 1.33 bits per heavy atom. The smallest absolute Gasteiger partial charge is 0.152 e. The van der Waals surface area contributed by atoms with Crippen LogP contribution < -0.4 is 4.90 Å². The lowest BCUT2D eigenvalue weighted by atomic mass is 10.1. The highest BCUT2D eigenvalue weighted by atomic mass is 19.1. The number of hydrogen-bond donors (Lipinski definition) is 0. The van der Waals surface area contributed by atoms with Crippen LogP contribution in [0.3, 0.4) is 0 Å². The molecule has 1 heterocycles. The molecule has 0 N–H and O–H groups in total. The summed E-state index contributed by atoms with van der Waals surface area (Å²) in [5.74, 6) is -0.488. The average Bonchev–Trinajstić information content (AvgIpc) is 3.27. The number of fused-ring (bicyclic) bond motifs is 1. The van der Waals surface area contributed by atoms with Gasteiger partial charge in [0.05, 0.1) is 6.61 Å². The summed E-state index contributed by atoms with van der Waals surface area (Å²) in [4.78, 5) is 5.93. The van der Waals surface area contributed by atoms with Crippen molar-refractivity contribution >= 4 is 16.6 Å². The van der Waals surface area contributed by atoms with Crippen molar-refractivity contribution in [2.75, 3.05) is 31.7 Å². The van der Waals surface area contributed by atoms with Crippen molar-refractivity contribution in [1.82, 2.24) is 4.98 Å². The maximum absolute atomic E-state index is 13.7. The van der Waals surface area contributed by atoms with Crippen LogP contribution in [0.2, 0.25) is 0 Å². The molecule has 1 aromatic carbocycles. The van der Waals surface area contributed by atoms with Gasteiger partial charge in [0.2, 0.25) is 0 Å². The van der Waals surface area contributed by atoms with Gasteiger partial charge in [0.1, 0.15) is 11.3 Å². The summed E-state index contributed by atoms with van der Waals surface area (Å²) >= 11 is 0. The largest absolute Gasteiger partial charge is 0.379 e. The number of rotatable bonds is 6. The van der Waals surface area contributed by atoms with Gasteiger partial charge in [-0.25, -0.2) is 8.78 Å². The van der Waals surface area contributed by atoms with Gasteiger partial charge in [0, 0.05) is 43.5 Å². The molecule has 3 nitrogen and oxygen atoms in total. The van der Waals surface area contributed by atoms with Gasteiger partial charge in [-0.05, 0) is 30.9 Å². The maximum atomic E-state index is 13.7. The van der Waals surface area contributed by atoms with Gasteiger partial charge in [0.25, 0.3) is 0 Å². The summed E-state index contributed by atoms with van der Waals surface area (Å²) in [6.45, 7) is 2.09. The molecular formula is C16H18F2N2O. The number of anilines is 1. The monoisotopic (exact) mass is 292 g/mol. The minimum atomic E-state index is -0.634. The first-order chi connectivity index (χ1) is 10.1. The van der Waals surface area contributed by atoms with Crippen LogP contribution in [0.25, 0.3) is 10.9 Å². The van der Waals surface area contributed by atoms with E-state index in [-0.39, 0.29) is 5.52 Å². The predicted octanol–water partition coefficient (Wildman–Crippen LogP) is 3.38. The number of benzene rings is 1. The van der Waals surface area contributed by atoms with Crippen LogP contribution in [0.1, 0.15) is 12.8 Å². The zero-order chi connectivity index (χ0) is 14.8. The first kappa shape index (κ1) is 14.2. The molecule has 1 fully saturated rings. The van der Waals surface area contributed by atoms with Crippen LogP contribution in [0, 0.1) is 17.6 Å². The molecule has 1 aromatic heterocycles. The third-order valence-corrected chi connectivity index (χ3v) is 3.77. The van der Waals surface area contributed by atoms with Crippen molar-refractivity contribution in [2.45, 2.75) is 12.8 Å². The number of aromatic nitrogens is 1. The summed E-state index contributed by atoms with van der Waals surface area (Å²) in [6, 6.07) is 3.95. The van der Waals surface area contributed by atoms with E-state index >= 15 is 0 Å². The van der Waals surface area contributed by atoms with Gasteiger partial charge in [0.15, 0.2) is 5.82 Å². The van der Waals surface area contributed by atoms with Gasteiger partial charge in [-0.1, -0.05) is 0 Å². The molecule has 0 radical (unpaired) electrons. The average molecular weight is 292 g/mol. The second-order valence-electron chi connectivity index (χ2n) is 5.55. The standard InChI is InChI=1S/C16H18F2N2O/c1-20(6-7-21-10-11-2-3-11)15-4-5-19-16-13(15)8-12(17)9-14(16)18/h4-5,8-9,11H,2-3,6-7,10H2,1H3. The van der Waals surface area contributed by atoms with E-state index in [1.807, 2.05) is 11.9 Å². The van der Waals surface area contributed by atoms with Gasteiger partial charge >= 0.3 is 0 Å². The van der Waals surface area contributed by atoms with E-state index in [9.17, 15) is 8.78 Å². The van der Waals surface area contributed by atoms with Gasteiger partial charge < -0.3 is 9.64 Å². The van der Waals surface area contributed by atoms with Gasteiger partial charge in [-0.15, -0.1) is 0 Å². The number of pyridine rings is 1. The van der Waals surface area contributed by atoms with Crippen molar-refractivity contribution in [2.24, 2.45) is 5.92 Å². The van der Waals surface area contributed by atoms with Crippen LogP contribution in [0.15, 0.2) is 24.4 Å². The second-order valence-corrected chi connectivity index (χ2v) is 5.55. The van der Waals surface area contributed by atoms with Crippen molar-refractivity contribution in [3.63, 3.8) is 0 Å². The topological polar surface area (TPSA) is 25.4 Å². The molecule has 21 heavy (non-hydrogen) atoms. The molecule has 1 aliphatic rings. The molecule has 0 aliphatic heterocycles. The van der Waals surface area contributed by atoms with E-state index in [4.69, 9.17) is 4.74 Å². The first-order valence-electron chi connectivity index (χ1n) is 7.18. The fraction of sp³-hybridized carbons (Fsp3) is 0.438. The molecule has 0 unspecified atom stereocenters. The molecule has 0 bridgehead atoms. The lowest BCUT2D eigenvalue weighted by molar-refractivity contribution is 0.131. The summed E-state index contributed by atoms with van der Waals surface area (Å²) in [5.41, 5.74) is 0.952. The number of nitrogens with zero attached hydrogens (tertiary/aromatic N) is 2. The quantitative estimate of drug-likeness (QED) is 0.763. The van der Waals surface area contributed by atoms with Crippen molar-refractivity contribution < 1.29 is 13.5 Å². The van der Waals surface area contributed by atoms with Crippen molar-refractivity contribution in [1.29, 1.82) is 0 Å². The zero-order valence-electron chi connectivity index (χ0n) is 12.0. The lowest BCUT2D eigenvalue weighted by Crippen LogP contribution is -2.23. The Hall–Kier alpha value is -1.75. The normalized spacial score (nSPS) is 14.6. The molecule has 2 aromatic rings. The van der Waals surface area contributed by atoms with E-state index in [1.54, 1.807) is 12.3 Å². The Morgan fingerprint density at radius 3 is 2.90 bits per heavy atom. The minimum absolute atomic E-state index is 0.194. The SMILES string of the molecule is CN(CCOCC1CC1)c1ccnc2c(F)cc(F)cc12. The summed E-state index contributed by atoms with van der Waals surface area (Å²) in [7, 11) is 1.89. The van der Waals surface area contributed by atoms with E-state index in [1.165, 1.54) is 18.9 Å². The van der Waals surface area contributed by atoms with Gasteiger partial charge in [-0.2, -0.15) is 0 Å². The third kappa shape index (κ3) is 3.29. The predicted molar refractivity (Wildman–Crippen MR) is 78.5 cm³/mol. The number of halogens is 2. The summed E-state index contributed by atoms with van der Waals surface area (Å²) in [5, 5.41) is 0.486. The first-order valence-corrected chi connectivity index (χ1v) is 7.18. The van der Waals surface area contributed by atoms with Crippen molar-refractivity contribution in [3.8, 4) is 0 Å². The zero-order valence-corrected chi connectivity index (χ0v) is 12.0. The fourth-order valence-corrected chi connectivity index (χ4v) is 2.35. The maximum Gasteiger partial charge on any atom is 0.152 e. The molecule has 0 amide bonds. The highest BCUT2D eigenvalue weighted by Crippen LogP contribution is 2.29. The van der Waals surface area contributed by atoms with Crippen LogP contribution in [-0.4, -0.2) is 31.8 Å². The minimum Gasteiger partial charge on any atom is -0.379 e. The Balaban J connectivity index is 1.75. The molecule has 0 spiro atoms. The number of ether oxygens (including phenoxy) is 1. The second kappa shape index (κ2) is 5.93. The number of likely N-dealkylation sites (N-methyl/N-ethyl adjacent to an activating group) is 1. The van der Waals surface area contributed by atoms with Crippen LogP contribution in [-0.2, 0) is 4.74 Å². The molecule has 112 valence electrons. The molecule has 0 saturated heterocycles. The van der Waals surface area contributed by atoms with Crippen LogP contribution in [0.4, 0.5) is 14.5 Å².